The van der Waals surface area contributed by atoms with Crippen molar-refractivity contribution in [1.82, 2.24) is 30.6 Å². The fraction of sp³-hybridized carbons (Fsp3) is 0.429. The summed E-state index contributed by atoms with van der Waals surface area (Å²) in [5, 5.41) is 12.9. The molecular formula is C14H18N6O. The third-order valence-electron chi connectivity index (χ3n) is 3.70. The van der Waals surface area contributed by atoms with E-state index in [2.05, 4.69) is 36.7 Å². The predicted molar refractivity (Wildman–Crippen MR) is 76.4 cm³/mol. The van der Waals surface area contributed by atoms with Crippen LogP contribution in [-0.4, -0.2) is 50.3 Å². The van der Waals surface area contributed by atoms with Crippen molar-refractivity contribution < 1.29 is 4.79 Å². The third kappa shape index (κ3) is 3.63. The Morgan fingerprint density at radius 3 is 2.90 bits per heavy atom. The summed E-state index contributed by atoms with van der Waals surface area (Å²) in [7, 11) is 0. The van der Waals surface area contributed by atoms with E-state index >= 15 is 0 Å². The maximum atomic E-state index is 11.9. The van der Waals surface area contributed by atoms with Gasteiger partial charge in [0.1, 0.15) is 0 Å². The minimum Gasteiger partial charge on any atom is -0.348 e. The average molecular weight is 286 g/mol. The highest BCUT2D eigenvalue weighted by Crippen LogP contribution is 2.13. The molecule has 1 fully saturated rings. The SMILES string of the molecule is O=C(NC1CCN(Cc2cccnc2)CC1)c1cn[nH]n1. The number of hydrogen-bond acceptors (Lipinski definition) is 5. The summed E-state index contributed by atoms with van der Waals surface area (Å²) in [4.78, 5) is 18.4. The molecule has 21 heavy (non-hydrogen) atoms. The van der Waals surface area contributed by atoms with E-state index in [0.717, 1.165) is 32.5 Å². The van der Waals surface area contributed by atoms with Crippen LogP contribution in [0.2, 0.25) is 0 Å². The molecule has 0 radical (unpaired) electrons. The van der Waals surface area contributed by atoms with Crippen LogP contribution in [0, 0.1) is 0 Å². The number of carbonyl (C=O) groups excluding carboxylic acids is 1. The molecular weight excluding hydrogens is 268 g/mol. The summed E-state index contributed by atoms with van der Waals surface area (Å²) in [5.74, 6) is -0.158. The first-order valence-electron chi connectivity index (χ1n) is 7.09. The van der Waals surface area contributed by atoms with Crippen LogP contribution in [-0.2, 0) is 6.54 Å². The summed E-state index contributed by atoms with van der Waals surface area (Å²) >= 11 is 0. The van der Waals surface area contributed by atoms with E-state index in [0.29, 0.717) is 5.69 Å². The fourth-order valence-electron chi connectivity index (χ4n) is 2.56. The van der Waals surface area contributed by atoms with E-state index < -0.39 is 0 Å². The average Bonchev–Trinajstić information content (AvgIpc) is 3.05. The van der Waals surface area contributed by atoms with E-state index in [1.807, 2.05) is 12.3 Å². The molecule has 3 rings (SSSR count). The van der Waals surface area contributed by atoms with Crippen LogP contribution in [0.5, 0.6) is 0 Å². The number of H-pyrrole nitrogens is 1. The molecule has 0 unspecified atom stereocenters. The predicted octanol–water partition coefficient (Wildman–Crippen LogP) is 0.594. The van der Waals surface area contributed by atoms with Gasteiger partial charge in [0.25, 0.3) is 5.91 Å². The maximum Gasteiger partial charge on any atom is 0.273 e. The molecule has 1 aliphatic heterocycles. The zero-order chi connectivity index (χ0) is 14.5. The van der Waals surface area contributed by atoms with E-state index in [-0.39, 0.29) is 11.9 Å². The standard InChI is InChI=1S/C14H18N6O/c21-14(13-9-16-19-18-13)17-12-3-6-20(7-4-12)10-11-2-1-5-15-8-11/h1-2,5,8-9,12H,3-4,6-7,10H2,(H,17,21)(H,16,18,19). The Hall–Kier alpha value is -2.28. The van der Waals surface area contributed by atoms with Gasteiger partial charge in [0.05, 0.1) is 6.20 Å². The molecule has 7 nitrogen and oxygen atoms in total. The summed E-state index contributed by atoms with van der Waals surface area (Å²) < 4.78 is 0. The van der Waals surface area contributed by atoms with E-state index in [4.69, 9.17) is 0 Å². The number of rotatable bonds is 4. The molecule has 2 N–H and O–H groups in total. The van der Waals surface area contributed by atoms with Gasteiger partial charge in [0, 0.05) is 38.1 Å². The van der Waals surface area contributed by atoms with Gasteiger partial charge in [-0.25, -0.2) is 0 Å². The number of carbonyl (C=O) groups is 1. The van der Waals surface area contributed by atoms with Gasteiger partial charge in [-0.2, -0.15) is 15.4 Å². The first kappa shape index (κ1) is 13.7. The van der Waals surface area contributed by atoms with E-state index in [1.165, 1.54) is 11.8 Å². The topological polar surface area (TPSA) is 86.8 Å². The lowest BCUT2D eigenvalue weighted by molar-refractivity contribution is 0.0904. The Bertz CT molecular complexity index is 562. The molecule has 0 bridgehead atoms. The van der Waals surface area contributed by atoms with Crippen molar-refractivity contribution in [3.05, 3.63) is 42.0 Å². The fourth-order valence-corrected chi connectivity index (χ4v) is 2.56. The minimum absolute atomic E-state index is 0.158. The van der Waals surface area contributed by atoms with Crippen molar-refractivity contribution >= 4 is 5.91 Å². The minimum atomic E-state index is -0.158. The lowest BCUT2D eigenvalue weighted by atomic mass is 10.0. The molecule has 0 spiro atoms. The lowest BCUT2D eigenvalue weighted by Crippen LogP contribution is -2.44. The molecule has 2 aromatic heterocycles. The number of piperidine rings is 1. The largest absolute Gasteiger partial charge is 0.348 e. The van der Waals surface area contributed by atoms with Crippen molar-refractivity contribution in [2.75, 3.05) is 13.1 Å². The second-order valence-electron chi connectivity index (χ2n) is 5.24. The highest BCUT2D eigenvalue weighted by molar-refractivity contribution is 5.91. The molecule has 2 aromatic rings. The van der Waals surface area contributed by atoms with Crippen molar-refractivity contribution in [3.63, 3.8) is 0 Å². The molecule has 0 aromatic carbocycles. The van der Waals surface area contributed by atoms with E-state index in [9.17, 15) is 4.79 Å². The second-order valence-corrected chi connectivity index (χ2v) is 5.24. The highest BCUT2D eigenvalue weighted by atomic mass is 16.2. The quantitative estimate of drug-likeness (QED) is 0.859. The summed E-state index contributed by atoms with van der Waals surface area (Å²) in [6.45, 7) is 2.86. The van der Waals surface area contributed by atoms with Gasteiger partial charge in [0.2, 0.25) is 0 Å². The Morgan fingerprint density at radius 2 is 2.24 bits per heavy atom. The number of hydrogen-bond donors (Lipinski definition) is 2. The second kappa shape index (κ2) is 6.45. The van der Waals surface area contributed by atoms with Gasteiger partial charge in [-0.1, -0.05) is 6.07 Å². The summed E-state index contributed by atoms with van der Waals surface area (Å²) in [5.41, 5.74) is 1.57. The number of pyridine rings is 1. The van der Waals surface area contributed by atoms with Crippen molar-refractivity contribution in [2.24, 2.45) is 0 Å². The zero-order valence-corrected chi connectivity index (χ0v) is 11.7. The van der Waals surface area contributed by atoms with Crippen LogP contribution in [0.1, 0.15) is 28.9 Å². The van der Waals surface area contributed by atoms with E-state index in [1.54, 1.807) is 6.20 Å². The van der Waals surface area contributed by atoms with Crippen LogP contribution in [0.25, 0.3) is 0 Å². The molecule has 7 heteroatoms. The Morgan fingerprint density at radius 1 is 1.38 bits per heavy atom. The number of likely N-dealkylation sites (tertiary alicyclic amines) is 1. The maximum absolute atomic E-state index is 11.9. The van der Waals surface area contributed by atoms with Crippen molar-refractivity contribution in [2.45, 2.75) is 25.4 Å². The van der Waals surface area contributed by atoms with Crippen molar-refractivity contribution in [3.8, 4) is 0 Å². The first-order valence-corrected chi connectivity index (χ1v) is 7.09. The highest BCUT2D eigenvalue weighted by Gasteiger charge is 2.21. The smallest absolute Gasteiger partial charge is 0.273 e. The monoisotopic (exact) mass is 286 g/mol. The lowest BCUT2D eigenvalue weighted by Gasteiger charge is -2.32. The molecule has 3 heterocycles. The van der Waals surface area contributed by atoms with Gasteiger partial charge >= 0.3 is 0 Å². The van der Waals surface area contributed by atoms with Gasteiger partial charge in [-0.05, 0) is 24.5 Å². The van der Waals surface area contributed by atoms with Gasteiger partial charge in [0.15, 0.2) is 5.69 Å². The summed E-state index contributed by atoms with van der Waals surface area (Å²) in [6, 6.07) is 4.26. The summed E-state index contributed by atoms with van der Waals surface area (Å²) in [6.07, 6.45) is 7.02. The van der Waals surface area contributed by atoms with Crippen molar-refractivity contribution in [1.29, 1.82) is 0 Å². The Labute approximate surface area is 122 Å². The first-order chi connectivity index (χ1) is 10.3. The van der Waals surface area contributed by atoms with Crippen LogP contribution in [0.4, 0.5) is 0 Å². The molecule has 1 aliphatic rings. The molecule has 0 saturated carbocycles. The van der Waals surface area contributed by atoms with Crippen LogP contribution >= 0.6 is 0 Å². The molecule has 110 valence electrons. The number of aromatic nitrogens is 4. The Balaban J connectivity index is 1.46. The Kier molecular flexibility index (Phi) is 4.20. The van der Waals surface area contributed by atoms with Gasteiger partial charge in [-0.15, -0.1) is 0 Å². The normalized spacial score (nSPS) is 16.8. The number of aromatic amines is 1. The van der Waals surface area contributed by atoms with Crippen LogP contribution < -0.4 is 5.32 Å². The zero-order valence-electron chi connectivity index (χ0n) is 11.7. The van der Waals surface area contributed by atoms with Gasteiger partial charge < -0.3 is 5.32 Å². The molecule has 0 aliphatic carbocycles. The number of nitrogens with zero attached hydrogens (tertiary/aromatic N) is 4. The molecule has 1 amide bonds. The number of amides is 1. The number of nitrogens with one attached hydrogen (secondary N) is 2. The van der Waals surface area contributed by atoms with Crippen LogP contribution in [0.3, 0.4) is 0 Å². The van der Waals surface area contributed by atoms with Crippen LogP contribution in [0.15, 0.2) is 30.7 Å². The molecule has 0 atom stereocenters. The third-order valence-corrected chi connectivity index (χ3v) is 3.70. The molecule has 1 saturated heterocycles. The van der Waals surface area contributed by atoms with Gasteiger partial charge in [-0.3, -0.25) is 14.7 Å².